The van der Waals surface area contributed by atoms with E-state index in [4.69, 9.17) is 28.4 Å². The second-order valence-electron chi connectivity index (χ2n) is 7.34. The standard InChI is InChI=1S/C18H24N2O7/c1-5-23-12(21)6-11-18(8-19,9-20)7-10(24-11)13-14(22-4)15-16(25-13)27-17(2,3)26-15/h10-11,13-16H,5-7H2,1-4H3/t10-,11+,13-,14+,15-,16-/m1/s1. The summed E-state index contributed by atoms with van der Waals surface area (Å²) in [5.74, 6) is -1.30. The molecule has 6 atom stereocenters. The number of carbonyl (C=O) groups excluding carboxylic acids is 1. The third-order valence-corrected chi connectivity index (χ3v) is 5.13. The van der Waals surface area contributed by atoms with Gasteiger partial charge in [-0.2, -0.15) is 10.5 Å². The summed E-state index contributed by atoms with van der Waals surface area (Å²) >= 11 is 0. The van der Waals surface area contributed by atoms with Crippen molar-refractivity contribution in [2.24, 2.45) is 5.41 Å². The molecule has 3 aliphatic rings. The number of carbonyl (C=O) groups is 1. The zero-order valence-electron chi connectivity index (χ0n) is 15.8. The van der Waals surface area contributed by atoms with Gasteiger partial charge in [0.15, 0.2) is 17.5 Å². The monoisotopic (exact) mass is 380 g/mol. The van der Waals surface area contributed by atoms with Crippen molar-refractivity contribution < 1.29 is 33.2 Å². The SMILES string of the molecule is CCOC(=O)C[C@@H]1O[C@@H]([C@H]2O[C@@H]3OC(C)(C)O[C@@H]3[C@H]2OC)CC1(C#N)C#N. The lowest BCUT2D eigenvalue weighted by molar-refractivity contribution is -0.230. The van der Waals surface area contributed by atoms with E-state index in [1.165, 1.54) is 7.11 Å². The molecule has 0 saturated carbocycles. The van der Waals surface area contributed by atoms with E-state index in [1.54, 1.807) is 20.8 Å². The first-order valence-corrected chi connectivity index (χ1v) is 8.96. The smallest absolute Gasteiger partial charge is 0.308 e. The first-order chi connectivity index (χ1) is 12.8. The number of ether oxygens (including phenoxy) is 6. The summed E-state index contributed by atoms with van der Waals surface area (Å²) in [5.41, 5.74) is -1.46. The molecule has 3 fully saturated rings. The Hall–Kier alpha value is -1.75. The van der Waals surface area contributed by atoms with Gasteiger partial charge in [-0.15, -0.1) is 0 Å². The number of hydrogen-bond acceptors (Lipinski definition) is 9. The highest BCUT2D eigenvalue weighted by Gasteiger charge is 2.61. The predicted molar refractivity (Wildman–Crippen MR) is 87.7 cm³/mol. The Bertz CT molecular complexity index is 654. The van der Waals surface area contributed by atoms with E-state index in [0.29, 0.717) is 0 Å². The lowest BCUT2D eigenvalue weighted by Gasteiger charge is -2.28. The zero-order chi connectivity index (χ0) is 19.8. The maximum absolute atomic E-state index is 11.9. The van der Waals surface area contributed by atoms with E-state index in [1.807, 2.05) is 12.1 Å². The van der Waals surface area contributed by atoms with Crippen molar-refractivity contribution in [3.8, 4) is 12.1 Å². The quantitative estimate of drug-likeness (QED) is 0.644. The Balaban J connectivity index is 1.77. The Labute approximate surface area is 158 Å². The van der Waals surface area contributed by atoms with Crippen LogP contribution in [0.5, 0.6) is 0 Å². The van der Waals surface area contributed by atoms with Crippen molar-refractivity contribution in [3.05, 3.63) is 0 Å². The fourth-order valence-corrected chi connectivity index (χ4v) is 3.94. The Kier molecular flexibility index (Phi) is 5.44. The van der Waals surface area contributed by atoms with Crippen molar-refractivity contribution in [3.63, 3.8) is 0 Å². The van der Waals surface area contributed by atoms with Gasteiger partial charge in [-0.05, 0) is 20.8 Å². The number of nitrogens with zero attached hydrogens (tertiary/aromatic N) is 2. The van der Waals surface area contributed by atoms with Gasteiger partial charge in [-0.25, -0.2) is 0 Å². The normalized spacial score (nSPS) is 38.7. The van der Waals surface area contributed by atoms with Gasteiger partial charge in [-0.1, -0.05) is 0 Å². The van der Waals surface area contributed by atoms with Gasteiger partial charge in [0.05, 0.1) is 31.3 Å². The predicted octanol–water partition coefficient (Wildman–Crippen LogP) is 1.02. The molecule has 0 radical (unpaired) electrons. The molecule has 3 aliphatic heterocycles. The maximum atomic E-state index is 11.9. The highest BCUT2D eigenvalue weighted by molar-refractivity contribution is 5.70. The molecular weight excluding hydrogens is 356 g/mol. The van der Waals surface area contributed by atoms with Crippen LogP contribution < -0.4 is 0 Å². The summed E-state index contributed by atoms with van der Waals surface area (Å²) in [4.78, 5) is 11.9. The minimum atomic E-state index is -1.46. The van der Waals surface area contributed by atoms with Crippen molar-refractivity contribution in [1.29, 1.82) is 10.5 Å². The fourth-order valence-electron chi connectivity index (χ4n) is 3.94. The average molecular weight is 380 g/mol. The number of rotatable bonds is 5. The Morgan fingerprint density at radius 2 is 1.89 bits per heavy atom. The van der Waals surface area contributed by atoms with E-state index < -0.39 is 54.0 Å². The van der Waals surface area contributed by atoms with Crippen LogP contribution in [0.3, 0.4) is 0 Å². The summed E-state index contributed by atoms with van der Waals surface area (Å²) in [7, 11) is 1.53. The highest BCUT2D eigenvalue weighted by Crippen LogP contribution is 2.46. The third kappa shape index (κ3) is 3.54. The molecule has 0 amide bonds. The van der Waals surface area contributed by atoms with Crippen LogP contribution in [0.2, 0.25) is 0 Å². The third-order valence-electron chi connectivity index (χ3n) is 5.13. The second kappa shape index (κ2) is 7.34. The molecule has 148 valence electrons. The van der Waals surface area contributed by atoms with Crippen LogP contribution in [0.25, 0.3) is 0 Å². The van der Waals surface area contributed by atoms with E-state index in [9.17, 15) is 15.3 Å². The Morgan fingerprint density at radius 1 is 1.19 bits per heavy atom. The van der Waals surface area contributed by atoms with Crippen LogP contribution >= 0.6 is 0 Å². The summed E-state index contributed by atoms with van der Waals surface area (Å²) in [6, 6.07) is 4.04. The lowest BCUT2D eigenvalue weighted by atomic mass is 9.80. The number of nitriles is 2. The lowest BCUT2D eigenvalue weighted by Crippen LogP contribution is -2.42. The van der Waals surface area contributed by atoms with Crippen LogP contribution in [-0.4, -0.2) is 62.3 Å². The van der Waals surface area contributed by atoms with Crippen LogP contribution in [0.15, 0.2) is 0 Å². The van der Waals surface area contributed by atoms with Crippen molar-refractivity contribution in [2.45, 2.75) is 76.2 Å². The van der Waals surface area contributed by atoms with Crippen LogP contribution in [-0.2, 0) is 33.2 Å². The van der Waals surface area contributed by atoms with Crippen LogP contribution in [0, 0.1) is 28.1 Å². The molecule has 0 N–H and O–H groups in total. The summed E-state index contributed by atoms with van der Waals surface area (Å²) < 4.78 is 34.0. The van der Waals surface area contributed by atoms with Gasteiger partial charge in [0.25, 0.3) is 0 Å². The second-order valence-corrected chi connectivity index (χ2v) is 7.34. The van der Waals surface area contributed by atoms with Gasteiger partial charge in [0, 0.05) is 13.5 Å². The molecule has 9 nitrogen and oxygen atoms in total. The van der Waals surface area contributed by atoms with E-state index in [0.717, 1.165) is 0 Å². The van der Waals surface area contributed by atoms with E-state index in [2.05, 4.69) is 0 Å². The Morgan fingerprint density at radius 3 is 2.48 bits per heavy atom. The minimum absolute atomic E-state index is 0.0947. The molecule has 0 aromatic rings. The van der Waals surface area contributed by atoms with Crippen molar-refractivity contribution in [2.75, 3.05) is 13.7 Å². The first-order valence-electron chi connectivity index (χ1n) is 8.96. The molecule has 9 heteroatoms. The highest BCUT2D eigenvalue weighted by atomic mass is 16.8. The molecule has 3 rings (SSSR count). The fraction of sp³-hybridized carbons (Fsp3) is 0.833. The molecule has 0 aromatic carbocycles. The van der Waals surface area contributed by atoms with Crippen LogP contribution in [0.1, 0.15) is 33.6 Å². The molecule has 0 unspecified atom stereocenters. The molecule has 0 aromatic heterocycles. The largest absolute Gasteiger partial charge is 0.466 e. The zero-order valence-corrected chi connectivity index (χ0v) is 15.8. The molecule has 3 heterocycles. The number of methoxy groups -OCH3 is 1. The van der Waals surface area contributed by atoms with Gasteiger partial charge in [0.1, 0.15) is 24.4 Å². The number of esters is 1. The molecule has 0 spiro atoms. The molecule has 0 aliphatic carbocycles. The van der Waals surface area contributed by atoms with E-state index >= 15 is 0 Å². The first kappa shape index (κ1) is 20.0. The van der Waals surface area contributed by atoms with Gasteiger partial charge >= 0.3 is 5.97 Å². The molecule has 0 bridgehead atoms. The van der Waals surface area contributed by atoms with Gasteiger partial charge in [0.2, 0.25) is 0 Å². The molecule has 3 saturated heterocycles. The average Bonchev–Trinajstić information content (AvgIpc) is 3.22. The minimum Gasteiger partial charge on any atom is -0.466 e. The van der Waals surface area contributed by atoms with Crippen LogP contribution in [0.4, 0.5) is 0 Å². The maximum Gasteiger partial charge on any atom is 0.308 e. The van der Waals surface area contributed by atoms with Gasteiger partial charge < -0.3 is 28.4 Å². The summed E-state index contributed by atoms with van der Waals surface area (Å²) in [6.07, 6.45) is -3.75. The summed E-state index contributed by atoms with van der Waals surface area (Å²) in [5, 5.41) is 19.2. The molecular formula is C18H24N2O7. The number of hydrogen-bond donors (Lipinski definition) is 0. The van der Waals surface area contributed by atoms with Crippen molar-refractivity contribution in [1.82, 2.24) is 0 Å². The number of fused-ring (bicyclic) bond motifs is 1. The van der Waals surface area contributed by atoms with E-state index in [-0.39, 0.29) is 19.4 Å². The molecule has 27 heavy (non-hydrogen) atoms. The van der Waals surface area contributed by atoms with Gasteiger partial charge in [-0.3, -0.25) is 4.79 Å². The summed E-state index contributed by atoms with van der Waals surface area (Å²) in [6.45, 7) is 5.47. The van der Waals surface area contributed by atoms with Crippen molar-refractivity contribution >= 4 is 5.97 Å². The topological polar surface area (TPSA) is 120 Å².